The van der Waals surface area contributed by atoms with Crippen LogP contribution in [0.3, 0.4) is 0 Å². The van der Waals surface area contributed by atoms with Crippen LogP contribution in [0.25, 0.3) is 90.5 Å². The minimum Gasteiger partial charge on any atom is -0.308 e. The average Bonchev–Trinajstić information content (AvgIpc) is 3.95. The fourth-order valence-corrected chi connectivity index (χ4v) is 11.4. The summed E-state index contributed by atoms with van der Waals surface area (Å²) in [5.41, 5.74) is 10.4. The Labute approximate surface area is 307 Å². The van der Waals surface area contributed by atoms with Gasteiger partial charge in [0.25, 0.3) is 0 Å². The van der Waals surface area contributed by atoms with E-state index in [4.69, 9.17) is 0 Å². The predicted molar refractivity (Wildman–Crippen MR) is 225 cm³/mol. The third kappa shape index (κ3) is 3.94. The van der Waals surface area contributed by atoms with E-state index < -0.39 is 0 Å². The van der Waals surface area contributed by atoms with Gasteiger partial charge in [0.2, 0.25) is 0 Å². The van der Waals surface area contributed by atoms with Gasteiger partial charge in [-0.15, -0.1) is 22.7 Å². The molecule has 0 aliphatic heterocycles. The Bertz CT molecular complexity index is 3290. The van der Waals surface area contributed by atoms with Gasteiger partial charge in [0.05, 0.1) is 37.3 Å². The highest BCUT2D eigenvalue weighted by atomic mass is 32.1. The Morgan fingerprint density at radius 3 is 1.67 bits per heavy atom. The highest BCUT2D eigenvalue weighted by Gasteiger charge is 2.26. The summed E-state index contributed by atoms with van der Waals surface area (Å²) in [4.78, 5) is 0. The van der Waals surface area contributed by atoms with E-state index in [9.17, 15) is 0 Å². The van der Waals surface area contributed by atoms with Gasteiger partial charge in [0, 0.05) is 58.7 Å². The number of thiophene rings is 2. The first kappa shape index (κ1) is 28.7. The van der Waals surface area contributed by atoms with Gasteiger partial charge in [-0.1, -0.05) is 109 Å². The molecule has 1 atom stereocenters. The van der Waals surface area contributed by atoms with Crippen LogP contribution in [0.4, 0.5) is 0 Å². The van der Waals surface area contributed by atoms with Gasteiger partial charge in [-0.05, 0) is 72.2 Å². The minimum absolute atomic E-state index is 0.282. The molecule has 2 nitrogen and oxygen atoms in total. The third-order valence-electron chi connectivity index (χ3n) is 11.3. The normalized spacial score (nSPS) is 14.6. The van der Waals surface area contributed by atoms with E-state index in [1.54, 1.807) is 0 Å². The van der Waals surface area contributed by atoms with Crippen LogP contribution in [-0.4, -0.2) is 9.13 Å². The van der Waals surface area contributed by atoms with Crippen molar-refractivity contribution < 1.29 is 0 Å². The molecule has 12 rings (SSSR count). The van der Waals surface area contributed by atoms with E-state index in [1.807, 2.05) is 22.7 Å². The lowest BCUT2D eigenvalue weighted by molar-refractivity contribution is 0.827. The van der Waals surface area contributed by atoms with Crippen LogP contribution in [-0.2, 0) is 6.42 Å². The minimum atomic E-state index is 0.282. The van der Waals surface area contributed by atoms with Crippen molar-refractivity contribution in [1.82, 2.24) is 9.13 Å². The van der Waals surface area contributed by atoms with Crippen LogP contribution in [0.1, 0.15) is 22.7 Å². The van der Waals surface area contributed by atoms with Gasteiger partial charge in [0.1, 0.15) is 0 Å². The molecule has 0 bridgehead atoms. The molecule has 4 heteroatoms. The van der Waals surface area contributed by atoms with Crippen molar-refractivity contribution >= 4 is 102 Å². The van der Waals surface area contributed by atoms with Crippen molar-refractivity contribution in [3.63, 3.8) is 0 Å². The number of aromatic nitrogens is 2. The number of fused-ring (bicyclic) bond motifs is 12. The first-order valence-corrected chi connectivity index (χ1v) is 19.6. The number of para-hydroxylation sites is 2. The molecule has 244 valence electrons. The van der Waals surface area contributed by atoms with Crippen molar-refractivity contribution in [2.75, 3.05) is 0 Å². The van der Waals surface area contributed by atoms with E-state index in [-0.39, 0.29) is 5.92 Å². The van der Waals surface area contributed by atoms with Crippen LogP contribution in [0.5, 0.6) is 0 Å². The maximum atomic E-state index is 2.51. The molecule has 0 fully saturated rings. The molecule has 11 aromatic rings. The Morgan fingerprint density at radius 2 is 0.981 bits per heavy atom. The summed E-state index contributed by atoms with van der Waals surface area (Å²) in [5.74, 6) is 0.282. The van der Waals surface area contributed by atoms with Gasteiger partial charge in [-0.2, -0.15) is 0 Å². The number of hydrogen-bond donors (Lipinski definition) is 0. The summed E-state index contributed by atoms with van der Waals surface area (Å²) >= 11 is 3.79. The lowest BCUT2D eigenvalue weighted by atomic mass is 9.86. The highest BCUT2D eigenvalue weighted by molar-refractivity contribution is 7.26. The molecular formula is C48H30N2S2. The third-order valence-corrected chi connectivity index (χ3v) is 13.7. The molecule has 0 spiro atoms. The van der Waals surface area contributed by atoms with E-state index in [0.717, 1.165) is 6.42 Å². The zero-order chi connectivity index (χ0) is 33.9. The second-order valence-corrected chi connectivity index (χ2v) is 16.1. The zero-order valence-corrected chi connectivity index (χ0v) is 29.7. The molecule has 52 heavy (non-hydrogen) atoms. The van der Waals surface area contributed by atoms with Crippen molar-refractivity contribution in [3.8, 4) is 11.4 Å². The van der Waals surface area contributed by atoms with Crippen LogP contribution < -0.4 is 0 Å². The van der Waals surface area contributed by atoms with Gasteiger partial charge >= 0.3 is 0 Å². The molecule has 0 radical (unpaired) electrons. The summed E-state index contributed by atoms with van der Waals surface area (Å²) in [6.07, 6.45) is 5.80. The smallest absolute Gasteiger partial charge is 0.0640 e. The first-order valence-electron chi connectivity index (χ1n) is 17.9. The first-order chi connectivity index (χ1) is 25.8. The van der Waals surface area contributed by atoms with Crippen molar-refractivity contribution in [3.05, 3.63) is 175 Å². The molecule has 7 aromatic carbocycles. The summed E-state index contributed by atoms with van der Waals surface area (Å²) in [5, 5.41) is 9.28. The fourth-order valence-electron chi connectivity index (χ4n) is 9.00. The number of nitrogens with zero attached hydrogens (tertiary/aromatic N) is 2. The van der Waals surface area contributed by atoms with Crippen LogP contribution >= 0.6 is 22.7 Å². The van der Waals surface area contributed by atoms with Crippen molar-refractivity contribution in [2.45, 2.75) is 12.3 Å². The molecule has 4 aromatic heterocycles. The number of rotatable bonds is 3. The molecule has 1 unspecified atom stereocenters. The summed E-state index contributed by atoms with van der Waals surface area (Å²) in [7, 11) is 0. The Morgan fingerprint density at radius 1 is 0.442 bits per heavy atom. The fraction of sp³-hybridized carbons (Fsp3) is 0.0417. The zero-order valence-electron chi connectivity index (χ0n) is 28.1. The van der Waals surface area contributed by atoms with Gasteiger partial charge in [-0.25, -0.2) is 0 Å². The molecule has 1 aliphatic carbocycles. The van der Waals surface area contributed by atoms with E-state index >= 15 is 0 Å². The monoisotopic (exact) mass is 698 g/mol. The molecule has 4 heterocycles. The maximum Gasteiger partial charge on any atom is 0.0640 e. The Balaban J connectivity index is 1.02. The molecule has 1 aliphatic rings. The standard InChI is InChI=1S/C48H30N2S2/c1-5-17-39-31(11-1)37-27-29(23-25-41(37)49(39)43-19-9-15-35-33-13-3-7-21-45(33)51-47(35)43)30-24-26-42-38(28-30)32-12-2-6-18-40(32)50(42)44-20-10-16-36-34-14-4-8-22-46(34)52-48(36)44/h1-27,30H,28H2. The molecule has 0 N–H and O–H groups in total. The summed E-state index contributed by atoms with van der Waals surface area (Å²) in [6, 6.07) is 56.3. The summed E-state index contributed by atoms with van der Waals surface area (Å²) < 4.78 is 10.3. The van der Waals surface area contributed by atoms with Gasteiger partial charge in [0.15, 0.2) is 0 Å². The van der Waals surface area contributed by atoms with E-state index in [1.165, 1.54) is 101 Å². The van der Waals surface area contributed by atoms with E-state index in [2.05, 4.69) is 173 Å². The number of benzene rings is 7. The second kappa shape index (κ2) is 10.8. The van der Waals surface area contributed by atoms with Crippen LogP contribution in [0.2, 0.25) is 0 Å². The number of allylic oxidation sites excluding steroid dienone is 1. The maximum absolute atomic E-state index is 2.51. The summed E-state index contributed by atoms with van der Waals surface area (Å²) in [6.45, 7) is 0. The van der Waals surface area contributed by atoms with Crippen LogP contribution in [0, 0.1) is 0 Å². The lowest BCUT2D eigenvalue weighted by Crippen LogP contribution is -2.07. The van der Waals surface area contributed by atoms with Gasteiger partial charge < -0.3 is 9.13 Å². The topological polar surface area (TPSA) is 9.86 Å². The molecule has 0 saturated carbocycles. The lowest BCUT2D eigenvalue weighted by Gasteiger charge is -2.20. The molecule has 0 saturated heterocycles. The highest BCUT2D eigenvalue weighted by Crippen LogP contribution is 2.45. The predicted octanol–water partition coefficient (Wildman–Crippen LogP) is 13.8. The number of hydrogen-bond acceptors (Lipinski definition) is 2. The largest absolute Gasteiger partial charge is 0.308 e. The second-order valence-electron chi connectivity index (χ2n) is 14.0. The van der Waals surface area contributed by atoms with E-state index in [0.29, 0.717) is 0 Å². The quantitative estimate of drug-likeness (QED) is 0.174. The van der Waals surface area contributed by atoms with Crippen molar-refractivity contribution in [2.24, 2.45) is 0 Å². The SMILES string of the molecule is C1=CC(c2ccc3c(c2)c2ccccc2n3-c2cccc3c2sc2ccccc23)Cc2c1n(-c1cccc3c1sc1ccccc13)c1ccccc21. The molecule has 0 amide bonds. The average molecular weight is 699 g/mol. The Kier molecular flexibility index (Phi) is 5.96. The van der Waals surface area contributed by atoms with Gasteiger partial charge in [-0.3, -0.25) is 0 Å². The molecular weight excluding hydrogens is 669 g/mol. The van der Waals surface area contributed by atoms with Crippen molar-refractivity contribution in [1.29, 1.82) is 0 Å². The Hall–Kier alpha value is -5.94. The van der Waals surface area contributed by atoms with Crippen LogP contribution in [0.15, 0.2) is 158 Å².